The predicted molar refractivity (Wildman–Crippen MR) is 91.4 cm³/mol. The summed E-state index contributed by atoms with van der Waals surface area (Å²) in [4.78, 5) is 26.1. The standard InChI is InChI=1S/C17H18BrNO5/c1-19-8-11(16(20)23-3)15(12(9-19)17(21)24-4)10-5-6-14(22-2)13(18)7-10/h5-9,15H,1-4H3. The molecular weight excluding hydrogens is 378 g/mol. The van der Waals surface area contributed by atoms with E-state index in [4.69, 9.17) is 14.2 Å². The fourth-order valence-electron chi connectivity index (χ4n) is 2.59. The van der Waals surface area contributed by atoms with Crippen molar-refractivity contribution in [3.63, 3.8) is 0 Å². The summed E-state index contributed by atoms with van der Waals surface area (Å²) in [6, 6.07) is 5.37. The van der Waals surface area contributed by atoms with Gasteiger partial charge in [0.2, 0.25) is 0 Å². The van der Waals surface area contributed by atoms with E-state index in [0.29, 0.717) is 16.9 Å². The minimum atomic E-state index is -0.594. The lowest BCUT2D eigenvalue weighted by molar-refractivity contribution is -0.137. The third-order valence-corrected chi connectivity index (χ3v) is 4.28. The first kappa shape index (κ1) is 18.1. The lowest BCUT2D eigenvalue weighted by Crippen LogP contribution is -2.27. The molecule has 24 heavy (non-hydrogen) atoms. The van der Waals surface area contributed by atoms with Crippen LogP contribution in [-0.4, -0.2) is 45.2 Å². The number of rotatable bonds is 4. The van der Waals surface area contributed by atoms with Crippen molar-refractivity contribution in [2.75, 3.05) is 28.4 Å². The van der Waals surface area contributed by atoms with Crippen LogP contribution in [0.15, 0.2) is 46.2 Å². The van der Waals surface area contributed by atoms with E-state index in [1.807, 2.05) is 6.07 Å². The monoisotopic (exact) mass is 395 g/mol. The maximum absolute atomic E-state index is 12.2. The average Bonchev–Trinajstić information content (AvgIpc) is 2.59. The van der Waals surface area contributed by atoms with Crippen molar-refractivity contribution in [2.45, 2.75) is 5.92 Å². The number of nitrogens with zero attached hydrogens (tertiary/aromatic N) is 1. The molecule has 128 valence electrons. The van der Waals surface area contributed by atoms with E-state index in [1.54, 1.807) is 43.6 Å². The number of hydrogen-bond donors (Lipinski definition) is 0. The van der Waals surface area contributed by atoms with E-state index < -0.39 is 17.9 Å². The molecule has 1 aromatic rings. The van der Waals surface area contributed by atoms with Crippen LogP contribution in [0.4, 0.5) is 0 Å². The van der Waals surface area contributed by atoms with Crippen molar-refractivity contribution in [1.82, 2.24) is 4.90 Å². The molecule has 0 bridgehead atoms. The van der Waals surface area contributed by atoms with E-state index in [9.17, 15) is 9.59 Å². The molecule has 0 saturated heterocycles. The van der Waals surface area contributed by atoms with E-state index in [0.717, 1.165) is 10.0 Å². The molecule has 0 amide bonds. The molecule has 0 aliphatic carbocycles. The molecule has 0 atom stereocenters. The van der Waals surface area contributed by atoms with E-state index in [2.05, 4.69) is 15.9 Å². The summed E-state index contributed by atoms with van der Waals surface area (Å²) in [7, 11) is 5.90. The molecule has 0 N–H and O–H groups in total. The molecule has 1 aromatic carbocycles. The SMILES string of the molecule is COC(=O)C1=CN(C)C=C(C(=O)OC)C1c1ccc(OC)c(Br)c1. The van der Waals surface area contributed by atoms with E-state index in [1.165, 1.54) is 14.2 Å². The van der Waals surface area contributed by atoms with Gasteiger partial charge in [0.05, 0.1) is 42.9 Å². The summed E-state index contributed by atoms with van der Waals surface area (Å²) in [6.07, 6.45) is 3.28. The zero-order valence-corrected chi connectivity index (χ0v) is 15.4. The first-order chi connectivity index (χ1) is 11.4. The number of ether oxygens (including phenoxy) is 3. The second-order valence-electron chi connectivity index (χ2n) is 5.14. The largest absolute Gasteiger partial charge is 0.496 e. The lowest BCUT2D eigenvalue weighted by atomic mass is 9.83. The van der Waals surface area contributed by atoms with Crippen LogP contribution in [0.5, 0.6) is 5.75 Å². The van der Waals surface area contributed by atoms with Crippen molar-refractivity contribution in [2.24, 2.45) is 0 Å². The van der Waals surface area contributed by atoms with Gasteiger partial charge in [-0.1, -0.05) is 6.07 Å². The zero-order chi connectivity index (χ0) is 17.9. The van der Waals surface area contributed by atoms with Crippen LogP contribution >= 0.6 is 15.9 Å². The minimum absolute atomic E-state index is 0.347. The van der Waals surface area contributed by atoms with Crippen molar-refractivity contribution in [1.29, 1.82) is 0 Å². The summed E-state index contributed by atoms with van der Waals surface area (Å²) >= 11 is 3.43. The van der Waals surface area contributed by atoms with Gasteiger partial charge in [0.1, 0.15) is 5.75 Å². The average molecular weight is 396 g/mol. The number of halogens is 1. The quantitative estimate of drug-likeness (QED) is 0.730. The van der Waals surface area contributed by atoms with Gasteiger partial charge in [0.15, 0.2) is 0 Å². The number of methoxy groups -OCH3 is 3. The van der Waals surface area contributed by atoms with Gasteiger partial charge in [-0.15, -0.1) is 0 Å². The second kappa shape index (κ2) is 7.53. The fourth-order valence-corrected chi connectivity index (χ4v) is 3.15. The highest BCUT2D eigenvalue weighted by molar-refractivity contribution is 9.10. The number of hydrogen-bond acceptors (Lipinski definition) is 6. The van der Waals surface area contributed by atoms with E-state index >= 15 is 0 Å². The molecule has 0 fully saturated rings. The fraction of sp³-hybridized carbons (Fsp3) is 0.294. The van der Waals surface area contributed by atoms with Crippen molar-refractivity contribution >= 4 is 27.9 Å². The highest BCUT2D eigenvalue weighted by Crippen LogP contribution is 2.39. The van der Waals surface area contributed by atoms with Gasteiger partial charge in [-0.2, -0.15) is 0 Å². The summed E-state index contributed by atoms with van der Waals surface area (Å²) in [6.45, 7) is 0. The molecule has 6 nitrogen and oxygen atoms in total. The van der Waals surface area contributed by atoms with Crippen molar-refractivity contribution in [3.8, 4) is 5.75 Å². The van der Waals surface area contributed by atoms with Gasteiger partial charge in [-0.05, 0) is 33.6 Å². The zero-order valence-electron chi connectivity index (χ0n) is 13.8. The molecule has 1 aliphatic rings. The highest BCUT2D eigenvalue weighted by Gasteiger charge is 2.34. The Bertz CT molecular complexity index is 692. The van der Waals surface area contributed by atoms with Crippen LogP contribution in [-0.2, 0) is 19.1 Å². The van der Waals surface area contributed by atoms with Crippen LogP contribution in [0.1, 0.15) is 11.5 Å². The van der Waals surface area contributed by atoms with Gasteiger partial charge < -0.3 is 19.1 Å². The first-order valence-corrected chi connectivity index (χ1v) is 7.87. The van der Waals surface area contributed by atoms with Crippen LogP contribution in [0.25, 0.3) is 0 Å². The Hall–Kier alpha value is -2.28. The topological polar surface area (TPSA) is 65.1 Å². The van der Waals surface area contributed by atoms with Crippen molar-refractivity contribution in [3.05, 3.63) is 51.8 Å². The van der Waals surface area contributed by atoms with Crippen LogP contribution in [0.3, 0.4) is 0 Å². The van der Waals surface area contributed by atoms with Gasteiger partial charge >= 0.3 is 11.9 Å². The second-order valence-corrected chi connectivity index (χ2v) is 6.00. The molecule has 7 heteroatoms. The molecule has 0 aromatic heterocycles. The third-order valence-electron chi connectivity index (χ3n) is 3.66. The molecule has 1 aliphatic heterocycles. The smallest absolute Gasteiger partial charge is 0.336 e. The Balaban J connectivity index is 2.59. The first-order valence-electron chi connectivity index (χ1n) is 7.08. The number of carbonyl (C=O) groups is 2. The summed E-state index contributed by atoms with van der Waals surface area (Å²) in [5.41, 5.74) is 1.43. The van der Waals surface area contributed by atoms with Gasteiger partial charge in [-0.25, -0.2) is 9.59 Å². The lowest BCUT2D eigenvalue weighted by Gasteiger charge is -2.28. The number of benzene rings is 1. The van der Waals surface area contributed by atoms with Crippen LogP contribution < -0.4 is 4.74 Å². The molecule has 0 spiro atoms. The maximum Gasteiger partial charge on any atom is 0.336 e. The van der Waals surface area contributed by atoms with Crippen molar-refractivity contribution < 1.29 is 23.8 Å². The Labute approximate surface area is 148 Å². The molecular formula is C17H18BrNO5. The predicted octanol–water partition coefficient (Wildman–Crippen LogP) is 2.60. The normalized spacial score (nSPS) is 14.6. The van der Waals surface area contributed by atoms with Gasteiger partial charge in [0.25, 0.3) is 0 Å². The minimum Gasteiger partial charge on any atom is -0.496 e. The van der Waals surface area contributed by atoms with E-state index in [-0.39, 0.29) is 0 Å². The van der Waals surface area contributed by atoms with Gasteiger partial charge in [-0.3, -0.25) is 0 Å². The maximum atomic E-state index is 12.2. The Kier molecular flexibility index (Phi) is 5.66. The summed E-state index contributed by atoms with van der Waals surface area (Å²) in [5.74, 6) is -0.955. The molecule has 0 unspecified atom stereocenters. The Morgan fingerprint density at radius 2 is 1.58 bits per heavy atom. The molecule has 0 radical (unpaired) electrons. The summed E-state index contributed by atoms with van der Waals surface area (Å²) < 4.78 is 15.7. The Morgan fingerprint density at radius 1 is 1.04 bits per heavy atom. The number of esters is 2. The third kappa shape index (κ3) is 3.46. The highest BCUT2D eigenvalue weighted by atomic mass is 79.9. The van der Waals surface area contributed by atoms with Crippen LogP contribution in [0.2, 0.25) is 0 Å². The molecule has 1 heterocycles. The molecule has 2 rings (SSSR count). The number of carbonyl (C=O) groups excluding carboxylic acids is 2. The van der Waals surface area contributed by atoms with Gasteiger partial charge in [0, 0.05) is 19.4 Å². The summed E-state index contributed by atoms with van der Waals surface area (Å²) in [5, 5.41) is 0. The van der Waals surface area contributed by atoms with Crippen LogP contribution in [0, 0.1) is 0 Å². The molecule has 0 saturated carbocycles. The Morgan fingerprint density at radius 3 is 2.00 bits per heavy atom.